The molecule has 1 aromatic rings. The van der Waals surface area contributed by atoms with Gasteiger partial charge in [-0.15, -0.1) is 0 Å². The molecule has 136 valence electrons. The molecular formula is C15H25FN2O5Si. The highest BCUT2D eigenvalue weighted by molar-refractivity contribution is 6.74. The van der Waals surface area contributed by atoms with Crippen LogP contribution in [-0.4, -0.2) is 41.8 Å². The number of aliphatic hydroxyl groups is 1. The Morgan fingerprint density at radius 1 is 1.46 bits per heavy atom. The molecule has 1 aromatic heterocycles. The number of hydrogen-bond donors (Lipinski definition) is 2. The van der Waals surface area contributed by atoms with Crippen molar-refractivity contribution in [2.75, 3.05) is 6.61 Å². The lowest BCUT2D eigenvalue weighted by Crippen LogP contribution is -2.44. The largest absolute Gasteiger partial charge is 0.414 e. The van der Waals surface area contributed by atoms with E-state index in [1.165, 1.54) is 0 Å². The van der Waals surface area contributed by atoms with E-state index < -0.39 is 43.8 Å². The molecule has 0 aromatic carbocycles. The lowest BCUT2D eigenvalue weighted by Gasteiger charge is -2.37. The normalized spacial score (nSPS) is 25.2. The van der Waals surface area contributed by atoms with Gasteiger partial charge in [0.15, 0.2) is 8.32 Å². The van der Waals surface area contributed by atoms with Crippen LogP contribution in [0.1, 0.15) is 33.4 Å². The van der Waals surface area contributed by atoms with E-state index in [-0.39, 0.29) is 18.1 Å². The maximum atomic E-state index is 13.4. The number of hydrogen-bond acceptors (Lipinski definition) is 5. The van der Waals surface area contributed by atoms with Crippen molar-refractivity contribution in [2.45, 2.75) is 63.8 Å². The van der Waals surface area contributed by atoms with Crippen molar-refractivity contribution in [3.8, 4) is 0 Å². The monoisotopic (exact) mass is 360 g/mol. The molecule has 0 amide bonds. The zero-order valence-electron chi connectivity index (χ0n) is 14.6. The van der Waals surface area contributed by atoms with Crippen LogP contribution >= 0.6 is 0 Å². The molecular weight excluding hydrogens is 335 g/mol. The minimum Gasteiger partial charge on any atom is -0.414 e. The summed E-state index contributed by atoms with van der Waals surface area (Å²) in [6.07, 6.45) is -1.36. The molecule has 0 spiro atoms. The molecule has 0 saturated carbocycles. The van der Waals surface area contributed by atoms with Crippen molar-refractivity contribution in [3.05, 3.63) is 32.9 Å². The van der Waals surface area contributed by atoms with E-state index >= 15 is 0 Å². The SMILES string of the molecule is CC(C)(C)[Si](C)(C)OC[C@H]1O[C@@H](n2cc(F)c(=O)[nH]c2=O)C[C@@H]1O. The number of nitrogens with zero attached hydrogens (tertiary/aromatic N) is 1. The van der Waals surface area contributed by atoms with Crippen LogP contribution in [0, 0.1) is 5.82 Å². The molecule has 1 aliphatic rings. The van der Waals surface area contributed by atoms with E-state index in [0.29, 0.717) is 0 Å². The van der Waals surface area contributed by atoms with E-state index in [2.05, 4.69) is 33.9 Å². The van der Waals surface area contributed by atoms with Crippen molar-refractivity contribution in [3.63, 3.8) is 0 Å². The fourth-order valence-electron chi connectivity index (χ4n) is 2.22. The number of halogens is 1. The lowest BCUT2D eigenvalue weighted by molar-refractivity contribution is -0.0435. The van der Waals surface area contributed by atoms with Gasteiger partial charge in [-0.1, -0.05) is 20.8 Å². The summed E-state index contributed by atoms with van der Waals surface area (Å²) < 4.78 is 26.1. The second-order valence-corrected chi connectivity index (χ2v) is 12.5. The van der Waals surface area contributed by atoms with Crippen LogP contribution in [0.3, 0.4) is 0 Å². The van der Waals surface area contributed by atoms with Crippen molar-refractivity contribution in [1.29, 1.82) is 0 Å². The summed E-state index contributed by atoms with van der Waals surface area (Å²) in [6, 6.07) is 0. The Morgan fingerprint density at radius 3 is 2.67 bits per heavy atom. The Kier molecular flexibility index (Phi) is 5.19. The standard InChI is InChI=1S/C15H25FN2O5Si/c1-15(2,3)24(4,5)22-8-11-10(19)6-12(23-11)18-7-9(16)13(20)17-14(18)21/h7,10-12,19H,6,8H2,1-5H3,(H,17,20,21)/t10-,11+,12+/m0/s1. The predicted octanol–water partition coefficient (Wildman–Crippen LogP) is 1.35. The van der Waals surface area contributed by atoms with Crippen molar-refractivity contribution < 1.29 is 18.7 Å². The average molecular weight is 360 g/mol. The summed E-state index contributed by atoms with van der Waals surface area (Å²) in [5.74, 6) is -1.08. The third kappa shape index (κ3) is 3.85. The van der Waals surface area contributed by atoms with Gasteiger partial charge in [-0.2, -0.15) is 4.39 Å². The maximum absolute atomic E-state index is 13.4. The second kappa shape index (κ2) is 6.55. The molecule has 1 fully saturated rings. The van der Waals surface area contributed by atoms with Gasteiger partial charge in [-0.25, -0.2) is 4.79 Å². The second-order valence-electron chi connectivity index (χ2n) is 7.65. The zero-order chi connectivity index (χ0) is 18.3. The lowest BCUT2D eigenvalue weighted by atomic mass is 10.2. The first-order valence-electron chi connectivity index (χ1n) is 7.91. The molecule has 0 unspecified atom stereocenters. The Hall–Kier alpha value is -1.29. The van der Waals surface area contributed by atoms with Crippen LogP contribution in [0.15, 0.2) is 15.8 Å². The minimum atomic E-state index is -2.00. The Morgan fingerprint density at radius 2 is 2.08 bits per heavy atom. The Bertz CT molecular complexity index is 709. The summed E-state index contributed by atoms with van der Waals surface area (Å²) >= 11 is 0. The number of aliphatic hydroxyl groups excluding tert-OH is 1. The van der Waals surface area contributed by atoms with Gasteiger partial charge in [-0.3, -0.25) is 14.3 Å². The highest BCUT2D eigenvalue weighted by Crippen LogP contribution is 2.37. The highest BCUT2D eigenvalue weighted by Gasteiger charge is 2.41. The third-order valence-corrected chi connectivity index (χ3v) is 9.35. The first kappa shape index (κ1) is 19.0. The number of H-pyrrole nitrogens is 1. The van der Waals surface area contributed by atoms with Crippen LogP contribution in [-0.2, 0) is 9.16 Å². The summed E-state index contributed by atoms with van der Waals surface area (Å²) in [4.78, 5) is 24.8. The van der Waals surface area contributed by atoms with E-state index in [1.54, 1.807) is 0 Å². The third-order valence-electron chi connectivity index (χ3n) is 4.85. The fourth-order valence-corrected chi connectivity index (χ4v) is 3.23. The van der Waals surface area contributed by atoms with Crippen LogP contribution in [0.2, 0.25) is 18.1 Å². The summed E-state index contributed by atoms with van der Waals surface area (Å²) in [5, 5.41) is 10.2. The average Bonchev–Trinajstić information content (AvgIpc) is 2.80. The first-order chi connectivity index (χ1) is 10.9. The molecule has 1 saturated heterocycles. The molecule has 9 heteroatoms. The molecule has 0 bridgehead atoms. The molecule has 0 radical (unpaired) electrons. The van der Waals surface area contributed by atoms with E-state index in [4.69, 9.17) is 9.16 Å². The minimum absolute atomic E-state index is 0.0228. The zero-order valence-corrected chi connectivity index (χ0v) is 15.6. The number of ether oxygens (including phenoxy) is 1. The molecule has 2 heterocycles. The van der Waals surface area contributed by atoms with Gasteiger partial charge in [0.2, 0.25) is 5.82 Å². The van der Waals surface area contributed by atoms with Crippen LogP contribution in [0.4, 0.5) is 4.39 Å². The Labute approximate surface area is 140 Å². The van der Waals surface area contributed by atoms with Gasteiger partial charge in [-0.05, 0) is 18.1 Å². The Balaban J connectivity index is 2.09. The number of rotatable bonds is 4. The number of aromatic nitrogens is 2. The van der Waals surface area contributed by atoms with Crippen molar-refractivity contribution in [2.24, 2.45) is 0 Å². The maximum Gasteiger partial charge on any atom is 0.330 e. The summed E-state index contributed by atoms with van der Waals surface area (Å²) in [6.45, 7) is 10.7. The molecule has 1 aliphatic heterocycles. The topological polar surface area (TPSA) is 93.5 Å². The molecule has 7 nitrogen and oxygen atoms in total. The van der Waals surface area contributed by atoms with Crippen molar-refractivity contribution in [1.82, 2.24) is 9.55 Å². The molecule has 3 atom stereocenters. The molecule has 2 N–H and O–H groups in total. The van der Waals surface area contributed by atoms with Gasteiger partial charge in [0.05, 0.1) is 18.9 Å². The quantitative estimate of drug-likeness (QED) is 0.791. The predicted molar refractivity (Wildman–Crippen MR) is 89.0 cm³/mol. The number of aromatic amines is 1. The van der Waals surface area contributed by atoms with E-state index in [1.807, 2.05) is 4.98 Å². The molecule has 2 rings (SSSR count). The van der Waals surface area contributed by atoms with Crippen molar-refractivity contribution >= 4 is 8.32 Å². The smallest absolute Gasteiger partial charge is 0.330 e. The van der Waals surface area contributed by atoms with Crippen LogP contribution in [0.5, 0.6) is 0 Å². The van der Waals surface area contributed by atoms with Gasteiger partial charge < -0.3 is 14.3 Å². The molecule has 0 aliphatic carbocycles. The summed E-state index contributed by atoms with van der Waals surface area (Å²) in [7, 11) is -2.00. The first-order valence-corrected chi connectivity index (χ1v) is 10.8. The van der Waals surface area contributed by atoms with Gasteiger partial charge in [0, 0.05) is 6.42 Å². The highest BCUT2D eigenvalue weighted by atomic mass is 28.4. The van der Waals surface area contributed by atoms with Gasteiger partial charge in [0.1, 0.15) is 12.3 Å². The van der Waals surface area contributed by atoms with E-state index in [9.17, 15) is 19.1 Å². The van der Waals surface area contributed by atoms with Crippen LogP contribution < -0.4 is 11.2 Å². The van der Waals surface area contributed by atoms with E-state index in [0.717, 1.165) is 10.8 Å². The molecule has 24 heavy (non-hydrogen) atoms. The van der Waals surface area contributed by atoms with Gasteiger partial charge in [0.25, 0.3) is 5.56 Å². The fraction of sp³-hybridized carbons (Fsp3) is 0.733. The van der Waals surface area contributed by atoms with Gasteiger partial charge >= 0.3 is 5.69 Å². The van der Waals surface area contributed by atoms with Crippen LogP contribution in [0.25, 0.3) is 0 Å². The summed E-state index contributed by atoms with van der Waals surface area (Å²) in [5.41, 5.74) is -1.85. The number of nitrogens with one attached hydrogen (secondary N) is 1.